The zero-order valence-corrected chi connectivity index (χ0v) is 16.6. The van der Waals surface area contributed by atoms with Crippen molar-refractivity contribution >= 4 is 27.1 Å². The van der Waals surface area contributed by atoms with Crippen LogP contribution in [-0.2, 0) is 12.8 Å². The molecule has 0 bridgehead atoms. The van der Waals surface area contributed by atoms with E-state index in [9.17, 15) is 0 Å². The summed E-state index contributed by atoms with van der Waals surface area (Å²) in [4.78, 5) is 0. The molecule has 0 aromatic heterocycles. The number of benzene rings is 4. The third kappa shape index (κ3) is 2.12. The van der Waals surface area contributed by atoms with Crippen LogP contribution in [0.2, 0.25) is 0 Å². The van der Waals surface area contributed by atoms with Crippen LogP contribution in [0.3, 0.4) is 0 Å². The molecule has 0 amide bonds. The minimum absolute atomic E-state index is 1.18. The van der Waals surface area contributed by atoms with Crippen LogP contribution in [0.25, 0.3) is 27.1 Å². The van der Waals surface area contributed by atoms with Crippen LogP contribution < -0.4 is 0 Å². The molecule has 0 radical (unpaired) electrons. The summed E-state index contributed by atoms with van der Waals surface area (Å²) in [6, 6.07) is 22.7. The molecule has 0 aliphatic heterocycles. The van der Waals surface area contributed by atoms with Crippen LogP contribution >= 0.6 is 0 Å². The first kappa shape index (κ1) is 16.1. The highest BCUT2D eigenvalue weighted by molar-refractivity contribution is 6.08. The fourth-order valence-electron chi connectivity index (χ4n) is 5.68. The highest BCUT2D eigenvalue weighted by Gasteiger charge is 2.29. The number of fused-ring (bicyclic) bond motifs is 8. The quantitative estimate of drug-likeness (QED) is 0.308. The fraction of sp³-hybridized carbons (Fsp3) is 0.214. The Balaban J connectivity index is 1.80. The van der Waals surface area contributed by atoms with E-state index in [2.05, 4.69) is 74.5 Å². The van der Waals surface area contributed by atoms with Gasteiger partial charge < -0.3 is 0 Å². The summed E-state index contributed by atoms with van der Waals surface area (Å²) < 4.78 is 0. The molecule has 2 aliphatic rings. The minimum atomic E-state index is 1.18. The van der Waals surface area contributed by atoms with Crippen molar-refractivity contribution in [1.82, 2.24) is 0 Å². The summed E-state index contributed by atoms with van der Waals surface area (Å²) >= 11 is 0. The minimum Gasteiger partial charge on any atom is -0.0616 e. The second-order valence-electron chi connectivity index (χ2n) is 8.51. The van der Waals surface area contributed by atoms with Crippen molar-refractivity contribution in [3.05, 3.63) is 99.6 Å². The number of allylic oxidation sites excluding steroid dienone is 1. The Bertz CT molecular complexity index is 1220. The van der Waals surface area contributed by atoms with Crippen LogP contribution in [0, 0.1) is 13.8 Å². The Morgan fingerprint density at radius 1 is 0.571 bits per heavy atom. The van der Waals surface area contributed by atoms with E-state index in [1.54, 1.807) is 22.3 Å². The second-order valence-corrected chi connectivity index (χ2v) is 8.51. The lowest BCUT2D eigenvalue weighted by Gasteiger charge is -2.33. The maximum absolute atomic E-state index is 2.39. The monoisotopic (exact) mass is 360 g/mol. The third-order valence-corrected chi connectivity index (χ3v) is 6.97. The summed E-state index contributed by atoms with van der Waals surface area (Å²) in [5.74, 6) is 0. The van der Waals surface area contributed by atoms with E-state index in [0.717, 1.165) is 0 Å². The molecule has 4 aromatic carbocycles. The molecule has 0 spiro atoms. The Kier molecular flexibility index (Phi) is 3.35. The highest BCUT2D eigenvalue weighted by Crippen LogP contribution is 2.48. The van der Waals surface area contributed by atoms with Crippen molar-refractivity contribution in [3.8, 4) is 0 Å². The van der Waals surface area contributed by atoms with Crippen LogP contribution in [0.1, 0.15) is 46.2 Å². The molecule has 0 fully saturated rings. The van der Waals surface area contributed by atoms with Gasteiger partial charge in [0.2, 0.25) is 0 Å². The van der Waals surface area contributed by atoms with E-state index in [-0.39, 0.29) is 0 Å². The van der Waals surface area contributed by atoms with Crippen LogP contribution in [-0.4, -0.2) is 0 Å². The number of rotatable bonds is 0. The third-order valence-electron chi connectivity index (χ3n) is 6.97. The van der Waals surface area contributed by atoms with Gasteiger partial charge in [-0.05, 0) is 100 Å². The van der Waals surface area contributed by atoms with Crippen LogP contribution in [0.15, 0.2) is 66.2 Å². The van der Waals surface area contributed by atoms with Gasteiger partial charge in [-0.3, -0.25) is 0 Å². The summed E-state index contributed by atoms with van der Waals surface area (Å²) in [7, 11) is 0. The molecular weight excluding hydrogens is 336 g/mol. The van der Waals surface area contributed by atoms with Gasteiger partial charge in [-0.2, -0.15) is 0 Å². The van der Waals surface area contributed by atoms with Gasteiger partial charge in [0.15, 0.2) is 0 Å². The van der Waals surface area contributed by atoms with Crippen LogP contribution in [0.4, 0.5) is 0 Å². The van der Waals surface area contributed by atoms with Gasteiger partial charge >= 0.3 is 0 Å². The van der Waals surface area contributed by atoms with Gasteiger partial charge in [-0.25, -0.2) is 0 Å². The van der Waals surface area contributed by atoms with Gasteiger partial charge in [0.1, 0.15) is 0 Å². The highest BCUT2D eigenvalue weighted by atomic mass is 14.3. The van der Waals surface area contributed by atoms with Crippen molar-refractivity contribution < 1.29 is 0 Å². The van der Waals surface area contributed by atoms with Gasteiger partial charge in [0.05, 0.1) is 0 Å². The molecule has 0 nitrogen and oxygen atoms in total. The Hall–Kier alpha value is -2.86. The Morgan fingerprint density at radius 3 is 1.54 bits per heavy atom. The first-order chi connectivity index (χ1) is 13.7. The van der Waals surface area contributed by atoms with Crippen molar-refractivity contribution in [3.63, 3.8) is 0 Å². The molecular formula is C28H24. The predicted octanol–water partition coefficient (Wildman–Crippen LogP) is 7.30. The first-order valence-electron chi connectivity index (χ1n) is 10.5. The molecule has 0 unspecified atom stereocenters. The average molecular weight is 361 g/mol. The predicted molar refractivity (Wildman–Crippen MR) is 120 cm³/mol. The lowest BCUT2D eigenvalue weighted by molar-refractivity contribution is 0.803. The van der Waals surface area contributed by atoms with Gasteiger partial charge in [-0.15, -0.1) is 0 Å². The van der Waals surface area contributed by atoms with Crippen molar-refractivity contribution in [2.75, 3.05) is 0 Å². The molecule has 0 atom stereocenters. The summed E-state index contributed by atoms with van der Waals surface area (Å²) in [6.45, 7) is 4.60. The Morgan fingerprint density at radius 2 is 1.04 bits per heavy atom. The SMILES string of the molecule is Cc1cc2ccccc2c2c1CCC1=C2c2c(c(C)cc3ccccc23)CC1. The standard InChI is InChI=1S/C28H24/c1-17-15-20-7-3-5-9-24(20)27-22(17)13-11-19-12-14-23-18(2)16-21-8-4-6-10-25(21)28(23)26(19)27/h3-10,15-16H,11-14H2,1-2H3. The fourth-order valence-corrected chi connectivity index (χ4v) is 5.68. The molecule has 28 heavy (non-hydrogen) atoms. The summed E-state index contributed by atoms with van der Waals surface area (Å²) in [6.07, 6.45) is 4.79. The molecule has 4 aromatic rings. The summed E-state index contributed by atoms with van der Waals surface area (Å²) in [5.41, 5.74) is 12.3. The number of hydrogen-bond donors (Lipinski definition) is 0. The first-order valence-corrected chi connectivity index (χ1v) is 10.5. The lowest BCUT2D eigenvalue weighted by atomic mass is 9.71. The molecule has 0 saturated carbocycles. The van der Waals surface area contributed by atoms with E-state index in [0.29, 0.717) is 0 Å². The maximum Gasteiger partial charge on any atom is -0.00647 e. The second kappa shape index (κ2) is 5.82. The van der Waals surface area contributed by atoms with Crippen molar-refractivity contribution in [2.24, 2.45) is 0 Å². The molecule has 2 aliphatic carbocycles. The van der Waals surface area contributed by atoms with Crippen molar-refractivity contribution in [1.29, 1.82) is 0 Å². The normalized spacial score (nSPS) is 15.5. The number of hydrogen-bond acceptors (Lipinski definition) is 0. The smallest absolute Gasteiger partial charge is 0.00647 e. The lowest BCUT2D eigenvalue weighted by Crippen LogP contribution is -2.15. The van der Waals surface area contributed by atoms with Crippen molar-refractivity contribution in [2.45, 2.75) is 39.5 Å². The molecule has 6 rings (SSSR count). The Labute approximate surface area is 166 Å². The van der Waals surface area contributed by atoms with E-state index in [1.807, 2.05) is 0 Å². The molecule has 0 heterocycles. The molecule has 0 heteroatoms. The summed E-state index contributed by atoms with van der Waals surface area (Å²) in [5, 5.41) is 5.59. The molecule has 0 saturated heterocycles. The van der Waals surface area contributed by atoms with E-state index in [1.165, 1.54) is 69.5 Å². The topological polar surface area (TPSA) is 0 Å². The average Bonchev–Trinajstić information content (AvgIpc) is 2.73. The van der Waals surface area contributed by atoms with Crippen LogP contribution in [0.5, 0.6) is 0 Å². The van der Waals surface area contributed by atoms with Gasteiger partial charge in [0.25, 0.3) is 0 Å². The number of aryl methyl sites for hydroxylation is 2. The van der Waals surface area contributed by atoms with Gasteiger partial charge in [0, 0.05) is 0 Å². The molecule has 136 valence electrons. The van der Waals surface area contributed by atoms with E-state index < -0.39 is 0 Å². The maximum atomic E-state index is 2.39. The van der Waals surface area contributed by atoms with E-state index in [4.69, 9.17) is 0 Å². The zero-order valence-electron chi connectivity index (χ0n) is 16.6. The largest absolute Gasteiger partial charge is 0.0616 e. The van der Waals surface area contributed by atoms with E-state index >= 15 is 0 Å². The zero-order chi connectivity index (χ0) is 18.8. The van der Waals surface area contributed by atoms with Gasteiger partial charge in [-0.1, -0.05) is 66.2 Å². The molecule has 0 N–H and O–H groups in total.